The fraction of sp³-hybridized carbons (Fsp3) is 0.400. The van der Waals surface area contributed by atoms with Gasteiger partial charge in [0.05, 0.1) is 52.5 Å². The van der Waals surface area contributed by atoms with Crippen LogP contribution in [-0.4, -0.2) is 104 Å². The van der Waals surface area contributed by atoms with Crippen LogP contribution in [-0.2, 0) is 40.8 Å². The molecule has 50 heavy (non-hydrogen) atoms. The van der Waals surface area contributed by atoms with Gasteiger partial charge in [-0.15, -0.1) is 0 Å². The first-order valence-electron chi connectivity index (χ1n) is 15.9. The average molecular weight is 714 g/mol. The van der Waals surface area contributed by atoms with Gasteiger partial charge in [-0.2, -0.15) is 8.42 Å². The van der Waals surface area contributed by atoms with Crippen molar-refractivity contribution in [1.82, 2.24) is 4.90 Å². The van der Waals surface area contributed by atoms with Gasteiger partial charge in [0, 0.05) is 37.2 Å². The zero-order chi connectivity index (χ0) is 35.3. The Morgan fingerprint density at radius 2 is 1.60 bits per heavy atom. The number of hydrogen-bond acceptors (Lipinski definition) is 14. The molecule has 3 aromatic rings. The second kappa shape index (κ2) is 15.1. The number of morpholine rings is 1. The predicted molar refractivity (Wildman–Crippen MR) is 178 cm³/mol. The van der Waals surface area contributed by atoms with Gasteiger partial charge in [-0.3, -0.25) is 4.90 Å². The fourth-order valence-electron chi connectivity index (χ4n) is 6.09. The summed E-state index contributed by atoms with van der Waals surface area (Å²) in [7, 11) is -0.0596. The van der Waals surface area contributed by atoms with E-state index in [9.17, 15) is 18.3 Å². The van der Waals surface area contributed by atoms with Crippen LogP contribution in [0.15, 0.2) is 60.2 Å². The standard InChI is InChI=1S/C35H39NO13S/c1-41-30-19-23(20-31(42-2)33(30)43-3)18-27-32(24-4-9-28-29(21-24)47-22-46-28)34(38)48-35(27,49-50(39,40)17-13-37)25-5-7-26(8-6-25)45-16-12-36-10-14-44-15-11-36/h4-9,19-21,37H,10-18,22H2,1-3H3. The summed E-state index contributed by atoms with van der Waals surface area (Å²) in [6, 6.07) is 14.8. The number of nitrogens with zero attached hydrogens (tertiary/aromatic N) is 1. The Labute approximate surface area is 290 Å². The molecule has 1 saturated heterocycles. The van der Waals surface area contributed by atoms with Crippen LogP contribution in [0, 0.1) is 0 Å². The first kappa shape index (κ1) is 35.3. The maximum atomic E-state index is 14.0. The van der Waals surface area contributed by atoms with Crippen molar-refractivity contribution in [2.24, 2.45) is 0 Å². The van der Waals surface area contributed by atoms with E-state index in [2.05, 4.69) is 4.90 Å². The lowest BCUT2D eigenvalue weighted by atomic mass is 9.87. The van der Waals surface area contributed by atoms with E-state index in [0.717, 1.165) is 13.1 Å². The van der Waals surface area contributed by atoms with E-state index >= 15 is 0 Å². The molecule has 1 unspecified atom stereocenters. The third kappa shape index (κ3) is 7.32. The largest absolute Gasteiger partial charge is 0.493 e. The molecule has 15 heteroatoms. The van der Waals surface area contributed by atoms with Gasteiger partial charge < -0.3 is 43.0 Å². The number of carbonyl (C=O) groups is 1. The van der Waals surface area contributed by atoms with Gasteiger partial charge in [0.2, 0.25) is 12.5 Å². The highest BCUT2D eigenvalue weighted by Crippen LogP contribution is 2.50. The lowest BCUT2D eigenvalue weighted by Crippen LogP contribution is -2.38. The number of rotatable bonds is 15. The predicted octanol–water partition coefficient (Wildman–Crippen LogP) is 2.90. The third-order valence-electron chi connectivity index (χ3n) is 8.51. The van der Waals surface area contributed by atoms with Crippen molar-refractivity contribution in [3.8, 4) is 34.5 Å². The molecule has 268 valence electrons. The minimum Gasteiger partial charge on any atom is -0.493 e. The number of aliphatic hydroxyl groups is 1. The molecule has 0 aromatic heterocycles. The minimum atomic E-state index is -4.48. The zero-order valence-corrected chi connectivity index (χ0v) is 28.8. The van der Waals surface area contributed by atoms with Crippen molar-refractivity contribution in [2.75, 3.05) is 79.9 Å². The highest BCUT2D eigenvalue weighted by molar-refractivity contribution is 7.86. The second-order valence-electron chi connectivity index (χ2n) is 11.5. The number of benzene rings is 3. The van der Waals surface area contributed by atoms with Crippen LogP contribution in [0.5, 0.6) is 34.5 Å². The first-order valence-corrected chi connectivity index (χ1v) is 17.5. The average Bonchev–Trinajstić information content (AvgIpc) is 3.69. The maximum absolute atomic E-state index is 14.0. The van der Waals surface area contributed by atoms with Crippen LogP contribution in [0.2, 0.25) is 0 Å². The van der Waals surface area contributed by atoms with Gasteiger partial charge >= 0.3 is 5.97 Å². The molecule has 0 amide bonds. The van der Waals surface area contributed by atoms with Crippen LogP contribution >= 0.6 is 0 Å². The lowest BCUT2D eigenvalue weighted by Gasteiger charge is -2.31. The molecular weight excluding hydrogens is 674 g/mol. The Balaban J connectivity index is 1.46. The molecule has 3 aliphatic rings. The Morgan fingerprint density at radius 3 is 2.26 bits per heavy atom. The molecule has 3 heterocycles. The van der Waals surface area contributed by atoms with Gasteiger partial charge in [0.15, 0.2) is 23.0 Å². The van der Waals surface area contributed by atoms with Crippen LogP contribution in [0.4, 0.5) is 0 Å². The fourth-order valence-corrected chi connectivity index (χ4v) is 6.99. The molecule has 3 aliphatic heterocycles. The molecule has 0 aliphatic carbocycles. The number of methoxy groups -OCH3 is 3. The van der Waals surface area contributed by atoms with Crippen LogP contribution < -0.4 is 28.4 Å². The summed E-state index contributed by atoms with van der Waals surface area (Å²) in [5.74, 6) is -1.41. The van der Waals surface area contributed by atoms with E-state index in [1.165, 1.54) is 21.3 Å². The number of esters is 1. The molecule has 0 spiro atoms. The van der Waals surface area contributed by atoms with E-state index in [1.807, 2.05) is 0 Å². The van der Waals surface area contributed by atoms with E-state index in [0.29, 0.717) is 72.0 Å². The van der Waals surface area contributed by atoms with Crippen molar-refractivity contribution in [1.29, 1.82) is 0 Å². The first-order chi connectivity index (χ1) is 24.2. The number of hydrogen-bond donors (Lipinski definition) is 1. The van der Waals surface area contributed by atoms with Crippen molar-refractivity contribution in [2.45, 2.75) is 12.2 Å². The highest BCUT2D eigenvalue weighted by atomic mass is 32.2. The summed E-state index contributed by atoms with van der Waals surface area (Å²) >= 11 is 0. The molecule has 3 aromatic carbocycles. The second-order valence-corrected chi connectivity index (χ2v) is 13.2. The molecule has 0 radical (unpaired) electrons. The molecule has 6 rings (SSSR count). The molecule has 1 fully saturated rings. The van der Waals surface area contributed by atoms with Crippen molar-refractivity contribution in [3.05, 3.63) is 76.9 Å². The minimum absolute atomic E-state index is 0.00783. The Hall–Kier alpha value is -4.54. The smallest absolute Gasteiger partial charge is 0.342 e. The van der Waals surface area contributed by atoms with Crippen molar-refractivity contribution >= 4 is 21.7 Å². The third-order valence-corrected chi connectivity index (χ3v) is 9.68. The summed E-state index contributed by atoms with van der Waals surface area (Å²) < 4.78 is 77.8. The van der Waals surface area contributed by atoms with Crippen LogP contribution in [0.1, 0.15) is 16.7 Å². The summed E-state index contributed by atoms with van der Waals surface area (Å²) in [5, 5.41) is 9.61. The number of cyclic esters (lactones) is 1. The van der Waals surface area contributed by atoms with Gasteiger partial charge in [0.1, 0.15) is 12.4 Å². The van der Waals surface area contributed by atoms with Gasteiger partial charge in [-0.1, -0.05) is 6.07 Å². The quantitative estimate of drug-likeness (QED) is 0.181. The topological polar surface area (TPSA) is 158 Å². The molecule has 0 saturated carbocycles. The molecule has 0 bridgehead atoms. The number of aliphatic hydroxyl groups excluding tert-OH is 1. The van der Waals surface area contributed by atoms with Gasteiger partial charge in [-0.25, -0.2) is 8.98 Å². The summed E-state index contributed by atoms with van der Waals surface area (Å²) in [5.41, 5.74) is 1.36. The molecule has 1 atom stereocenters. The Kier molecular flexibility index (Phi) is 10.7. The highest BCUT2D eigenvalue weighted by Gasteiger charge is 2.53. The Morgan fingerprint density at radius 1 is 0.900 bits per heavy atom. The summed E-state index contributed by atoms with van der Waals surface area (Å²) in [4.78, 5) is 16.3. The maximum Gasteiger partial charge on any atom is 0.342 e. The molecule has 1 N–H and O–H groups in total. The summed E-state index contributed by atoms with van der Waals surface area (Å²) in [6.45, 7) is 3.41. The number of carbonyl (C=O) groups excluding carboxylic acids is 1. The normalized spacial score (nSPS) is 19.0. The van der Waals surface area contributed by atoms with Crippen LogP contribution in [0.3, 0.4) is 0 Å². The number of ether oxygens (including phenoxy) is 8. The monoisotopic (exact) mass is 713 g/mol. The van der Waals surface area contributed by atoms with Gasteiger partial charge in [-0.05, 0) is 59.7 Å². The van der Waals surface area contributed by atoms with Crippen molar-refractivity contribution < 1.29 is 60.4 Å². The van der Waals surface area contributed by atoms with Crippen LogP contribution in [0.25, 0.3) is 5.57 Å². The zero-order valence-electron chi connectivity index (χ0n) is 28.0. The van der Waals surface area contributed by atoms with Crippen molar-refractivity contribution in [3.63, 3.8) is 0 Å². The Bertz CT molecular complexity index is 1810. The molecule has 14 nitrogen and oxygen atoms in total. The molecular formula is C35H39NO13S. The lowest BCUT2D eigenvalue weighted by molar-refractivity contribution is -0.174. The SMILES string of the molecule is COc1cc(CC2=C(c3ccc4c(c3)OCO4)C(=O)OC2(OS(=O)(=O)CCO)c2ccc(OCCN3CCOCC3)cc2)cc(OC)c1OC. The van der Waals surface area contributed by atoms with E-state index < -0.39 is 34.2 Å². The van der Waals surface area contributed by atoms with Gasteiger partial charge in [0.25, 0.3) is 15.9 Å². The van der Waals surface area contributed by atoms with E-state index in [-0.39, 0.29) is 29.9 Å². The number of fused-ring (bicyclic) bond motifs is 1. The van der Waals surface area contributed by atoms with E-state index in [4.69, 9.17) is 42.1 Å². The summed E-state index contributed by atoms with van der Waals surface area (Å²) in [6.07, 6.45) is -0.0708. The van der Waals surface area contributed by atoms with E-state index in [1.54, 1.807) is 54.6 Å².